The monoisotopic (exact) mass is 992 g/mol. The minimum Gasteiger partial charge on any atom is -0.311 e. The molecule has 4 aliphatic carbocycles. The molecule has 0 radical (unpaired) electrons. The summed E-state index contributed by atoms with van der Waals surface area (Å²) in [6.07, 6.45) is 21.0. The molecule has 10 nitrogen and oxygen atoms in total. The molecule has 0 spiro atoms. The van der Waals surface area contributed by atoms with Gasteiger partial charge in [-0.05, 0) is 89.5 Å². The van der Waals surface area contributed by atoms with Crippen LogP contribution in [-0.2, 0) is 39.4 Å². The predicted octanol–water partition coefficient (Wildman–Crippen LogP) is 8.03. The first kappa shape index (κ1) is 51.2. The van der Waals surface area contributed by atoms with Gasteiger partial charge in [0.05, 0.1) is 22.8 Å². The molecule has 16 heteroatoms. The zero-order valence-corrected chi connectivity index (χ0v) is 41.3. The SMILES string of the molecule is C[C@@H]1N[C@@H]2CCCCC2NCCN[C@@H]2CCCC[C@H]2N[C@@H](C)c2cccc1n2.[Cl][Mn][Cl].[Cl][Mn][Cl].c1cc2nc(c1)CN[C@@H]1CCCC[C@H]1NCCNC1CCCC[C@H]1NC2. The van der Waals surface area contributed by atoms with E-state index in [9.17, 15) is 0 Å². The maximum absolute atomic E-state index is 5.06. The Kier molecular flexibility index (Phi) is 25.3. The fourth-order valence-electron chi connectivity index (χ4n) is 10.4. The van der Waals surface area contributed by atoms with E-state index in [1.807, 2.05) is 0 Å². The second-order valence-corrected chi connectivity index (χ2v) is 21.5. The Labute approximate surface area is 391 Å². The van der Waals surface area contributed by atoms with Crippen LogP contribution >= 0.6 is 40.4 Å². The van der Waals surface area contributed by atoms with Crippen LogP contribution in [0.25, 0.3) is 0 Å². The van der Waals surface area contributed by atoms with Gasteiger partial charge in [-0.25, -0.2) is 0 Å². The van der Waals surface area contributed by atoms with Crippen LogP contribution in [0.1, 0.15) is 151 Å². The van der Waals surface area contributed by atoms with Crippen molar-refractivity contribution in [3.8, 4) is 0 Å². The van der Waals surface area contributed by atoms with Crippen molar-refractivity contribution >= 4 is 40.4 Å². The summed E-state index contributed by atoms with van der Waals surface area (Å²) in [4.78, 5) is 9.95. The van der Waals surface area contributed by atoms with Crippen molar-refractivity contribution in [1.82, 2.24) is 52.5 Å². The van der Waals surface area contributed by atoms with E-state index in [-0.39, 0.29) is 38.4 Å². The Bertz CT molecular complexity index is 1360. The molecule has 6 aliphatic rings. The topological polar surface area (TPSA) is 122 Å². The molecular formula is C44H74Cl4Mn2N10. The zero-order chi connectivity index (χ0) is 42.4. The van der Waals surface area contributed by atoms with Gasteiger partial charge in [0, 0.05) is 99.7 Å². The number of nitrogens with zero attached hydrogens (tertiary/aromatic N) is 2. The Balaban J connectivity index is 0.000000202. The minimum absolute atomic E-state index is 0.00694. The van der Waals surface area contributed by atoms with Crippen LogP contribution in [0.3, 0.4) is 0 Å². The van der Waals surface area contributed by atoms with E-state index in [0.29, 0.717) is 48.3 Å². The molecule has 0 saturated heterocycles. The molecule has 10 atom stereocenters. The molecule has 0 amide bonds. The van der Waals surface area contributed by atoms with E-state index in [1.54, 1.807) is 0 Å². The Morgan fingerprint density at radius 1 is 0.417 bits per heavy atom. The fraction of sp³-hybridized carbons (Fsp3) is 0.773. The zero-order valence-electron chi connectivity index (χ0n) is 36.0. The summed E-state index contributed by atoms with van der Waals surface area (Å²) >= 11 is 0.0139. The maximum Gasteiger partial charge on any atom is 0.0545 e. The first-order valence-electron chi connectivity index (χ1n) is 23.0. The van der Waals surface area contributed by atoms with Crippen LogP contribution in [0.5, 0.6) is 0 Å². The Morgan fingerprint density at radius 3 is 1.05 bits per heavy atom. The van der Waals surface area contributed by atoms with Crippen molar-refractivity contribution in [3.63, 3.8) is 0 Å². The second kappa shape index (κ2) is 29.7. The summed E-state index contributed by atoms with van der Waals surface area (Å²) < 4.78 is 0. The van der Waals surface area contributed by atoms with Gasteiger partial charge in [-0.2, -0.15) is 0 Å². The third kappa shape index (κ3) is 17.5. The van der Waals surface area contributed by atoms with Crippen LogP contribution < -0.4 is 42.5 Å². The number of nitrogens with one attached hydrogen (secondary N) is 8. The van der Waals surface area contributed by atoms with Crippen LogP contribution in [0, 0.1) is 0 Å². The third-order valence-corrected chi connectivity index (χ3v) is 13.5. The van der Waals surface area contributed by atoms with Crippen molar-refractivity contribution in [3.05, 3.63) is 59.2 Å². The molecule has 2 aromatic heterocycles. The summed E-state index contributed by atoms with van der Waals surface area (Å²) in [7, 11) is 19.2. The van der Waals surface area contributed by atoms with E-state index in [0.717, 1.165) is 39.3 Å². The molecule has 2 aliphatic heterocycles. The van der Waals surface area contributed by atoms with Gasteiger partial charge in [-0.3, -0.25) is 9.97 Å². The van der Waals surface area contributed by atoms with Gasteiger partial charge >= 0.3 is 66.7 Å². The number of fused-ring (bicyclic) bond motifs is 8. The molecule has 2 aromatic rings. The summed E-state index contributed by atoms with van der Waals surface area (Å²) in [6.45, 7) is 10.5. The van der Waals surface area contributed by atoms with Gasteiger partial charge in [-0.1, -0.05) is 63.5 Å². The normalized spacial score (nSPS) is 33.0. The molecule has 4 saturated carbocycles. The van der Waals surface area contributed by atoms with Crippen molar-refractivity contribution in [2.24, 2.45) is 0 Å². The molecular weight excluding hydrogens is 920 g/mol. The van der Waals surface area contributed by atoms with E-state index < -0.39 is 0 Å². The summed E-state index contributed by atoms with van der Waals surface area (Å²) in [5, 5.41) is 30.7. The number of pyridine rings is 2. The molecule has 8 rings (SSSR count). The largest absolute Gasteiger partial charge is 0.311 e. The van der Waals surface area contributed by atoms with E-state index in [4.69, 9.17) is 50.4 Å². The summed E-state index contributed by atoms with van der Waals surface area (Å²) in [5.74, 6) is 0. The molecule has 0 aromatic carbocycles. The van der Waals surface area contributed by atoms with E-state index in [1.165, 1.54) is 126 Å². The van der Waals surface area contributed by atoms with Crippen molar-refractivity contribution < 1.29 is 26.3 Å². The van der Waals surface area contributed by atoms with Crippen LogP contribution in [0.4, 0.5) is 0 Å². The first-order valence-corrected chi connectivity index (χ1v) is 29.5. The standard InChI is InChI=1S/C23H39N5.C21H35N5.4ClH.2Mn/c1-16-18-12-7-13-19(28-18)17(2)27-23-11-6-4-9-21(23)25-15-14-24-20-8-3-5-10-22(20)26-16;1-3-10-20-18(8-1)22-12-13-23-19-9-2-4-11-21(19)25-15-17-7-5-6-16(26-17)14-24-20;;;;;;/h7,12-13,16-17,20-27H,3-6,8-11,14-15H2,1-2H3;5-7,18-25H,1-4,8-15H2;4*1H;;/q;;;;;;2*+2/p-4/t16-,17-,20+,21?,22+,23+;18-,19?,20-,21-;;;;;;/m01....../s1. The number of hydrogen-bond acceptors (Lipinski definition) is 10. The van der Waals surface area contributed by atoms with Crippen LogP contribution in [0.2, 0.25) is 0 Å². The second-order valence-electron chi connectivity index (χ2n) is 17.6. The van der Waals surface area contributed by atoms with Gasteiger partial charge in [-0.15, -0.1) is 0 Å². The molecule has 2 unspecified atom stereocenters. The fourth-order valence-corrected chi connectivity index (χ4v) is 10.4. The molecule has 4 fully saturated rings. The van der Waals surface area contributed by atoms with Crippen molar-refractivity contribution in [2.75, 3.05) is 26.2 Å². The molecule has 4 heterocycles. The van der Waals surface area contributed by atoms with Crippen LogP contribution in [-0.4, -0.2) is 84.5 Å². The predicted molar refractivity (Wildman–Crippen MR) is 245 cm³/mol. The van der Waals surface area contributed by atoms with Crippen LogP contribution in [0.15, 0.2) is 36.4 Å². The maximum atomic E-state index is 5.06. The van der Waals surface area contributed by atoms with Gasteiger partial charge in [0.25, 0.3) is 0 Å². The smallest absolute Gasteiger partial charge is 0.0545 e. The summed E-state index contributed by atoms with van der Waals surface area (Å²) in [6, 6.07) is 18.1. The van der Waals surface area contributed by atoms with E-state index >= 15 is 0 Å². The average Bonchev–Trinajstić information content (AvgIpc) is 3.28. The minimum atomic E-state index is 0.00694. The van der Waals surface area contributed by atoms with Gasteiger partial charge in [0.2, 0.25) is 0 Å². The van der Waals surface area contributed by atoms with E-state index in [2.05, 4.69) is 92.8 Å². The molecule has 4 bridgehead atoms. The third-order valence-electron chi connectivity index (χ3n) is 13.5. The quantitative estimate of drug-likeness (QED) is 0.123. The van der Waals surface area contributed by atoms with Crippen molar-refractivity contribution in [2.45, 2.75) is 190 Å². The van der Waals surface area contributed by atoms with Crippen molar-refractivity contribution in [1.29, 1.82) is 0 Å². The van der Waals surface area contributed by atoms with Gasteiger partial charge in [0.1, 0.15) is 0 Å². The Morgan fingerprint density at radius 2 is 0.700 bits per heavy atom. The Hall–Kier alpha value is 0.179. The molecule has 8 N–H and O–H groups in total. The number of halogens is 4. The number of aromatic nitrogens is 2. The molecule has 60 heavy (non-hydrogen) atoms. The number of rotatable bonds is 0. The van der Waals surface area contributed by atoms with Gasteiger partial charge in [0.15, 0.2) is 0 Å². The first-order chi connectivity index (χ1) is 29.4. The van der Waals surface area contributed by atoms with Gasteiger partial charge < -0.3 is 42.5 Å². The average molecular weight is 995 g/mol. The molecule has 342 valence electrons. The summed E-state index contributed by atoms with van der Waals surface area (Å²) in [5.41, 5.74) is 4.68. The number of hydrogen-bond donors (Lipinski definition) is 8.